The van der Waals surface area contributed by atoms with Crippen LogP contribution in [-0.2, 0) is 20.4 Å². The fourth-order valence-corrected chi connectivity index (χ4v) is 5.06. The summed E-state index contributed by atoms with van der Waals surface area (Å²) in [6, 6.07) is 24.7. The molecular weight excluding hydrogens is 438 g/mol. The van der Waals surface area contributed by atoms with E-state index < -0.39 is 7.92 Å². The van der Waals surface area contributed by atoms with Crippen LogP contribution in [0.3, 0.4) is 0 Å². The fraction of sp³-hybridized carbons (Fsp3) is 0.143. The van der Waals surface area contributed by atoms with Gasteiger partial charge in [0.1, 0.15) is 17.2 Å². The molecule has 0 saturated heterocycles. The zero-order valence-corrected chi connectivity index (χ0v) is 17.4. The molecule has 0 atom stereocenters. The second-order valence-electron chi connectivity index (χ2n) is 5.44. The summed E-state index contributed by atoms with van der Waals surface area (Å²) in [6.07, 6.45) is 0. The Balaban J connectivity index is 0.00000243. The number of hydrogen-bond donors (Lipinski definition) is 0. The van der Waals surface area contributed by atoms with E-state index in [0.29, 0.717) is 0 Å². The number of ether oxygens (including phenoxy) is 3. The predicted octanol–water partition coefficient (Wildman–Crippen LogP) is 3.47. The minimum atomic E-state index is -0.752. The van der Waals surface area contributed by atoms with Crippen LogP contribution in [0, 0.1) is 0 Å². The van der Waals surface area contributed by atoms with Gasteiger partial charge in [-0.25, -0.2) is 0 Å². The molecule has 5 heteroatoms. The van der Waals surface area contributed by atoms with Gasteiger partial charge < -0.3 is 14.2 Å². The SMILES string of the molecule is COc1cccc(P(c2cccc(OC)c2)c2cccc(OC)c2)c1.[Pd]. The van der Waals surface area contributed by atoms with Crippen LogP contribution in [0.2, 0.25) is 0 Å². The summed E-state index contributed by atoms with van der Waals surface area (Å²) in [5.74, 6) is 2.57. The van der Waals surface area contributed by atoms with Gasteiger partial charge in [0.15, 0.2) is 0 Å². The smallest absolute Gasteiger partial charge is 0.119 e. The maximum Gasteiger partial charge on any atom is 0.119 e. The van der Waals surface area contributed by atoms with E-state index in [0.717, 1.165) is 17.2 Å². The third kappa shape index (κ3) is 4.65. The average Bonchev–Trinajstić information content (AvgIpc) is 2.68. The number of benzene rings is 3. The van der Waals surface area contributed by atoms with Gasteiger partial charge in [-0.05, 0) is 60.2 Å². The first-order valence-electron chi connectivity index (χ1n) is 7.97. The Labute approximate surface area is 169 Å². The molecule has 0 radical (unpaired) electrons. The topological polar surface area (TPSA) is 27.7 Å². The van der Waals surface area contributed by atoms with Crippen molar-refractivity contribution in [2.45, 2.75) is 0 Å². The molecular formula is C21H21O3PPd. The van der Waals surface area contributed by atoms with E-state index in [1.807, 2.05) is 36.4 Å². The van der Waals surface area contributed by atoms with E-state index in [1.54, 1.807) is 21.3 Å². The minimum absolute atomic E-state index is 0. The number of methoxy groups -OCH3 is 3. The Morgan fingerprint density at radius 2 is 0.846 bits per heavy atom. The van der Waals surface area contributed by atoms with Crippen molar-refractivity contribution >= 4 is 23.8 Å². The summed E-state index contributed by atoms with van der Waals surface area (Å²) < 4.78 is 16.3. The molecule has 138 valence electrons. The molecule has 3 nitrogen and oxygen atoms in total. The summed E-state index contributed by atoms with van der Waals surface area (Å²) in [6.45, 7) is 0. The van der Waals surface area contributed by atoms with Crippen LogP contribution in [-0.4, -0.2) is 21.3 Å². The Kier molecular flexibility index (Phi) is 7.67. The Morgan fingerprint density at radius 3 is 1.12 bits per heavy atom. The maximum atomic E-state index is 5.43. The Morgan fingerprint density at radius 1 is 0.538 bits per heavy atom. The van der Waals surface area contributed by atoms with Crippen LogP contribution in [0.5, 0.6) is 17.2 Å². The van der Waals surface area contributed by atoms with Gasteiger partial charge in [-0.3, -0.25) is 0 Å². The maximum absolute atomic E-state index is 5.43. The molecule has 0 fully saturated rings. The molecule has 0 N–H and O–H groups in total. The normalized spacial score (nSPS) is 10.2. The second-order valence-corrected chi connectivity index (χ2v) is 7.66. The molecule has 0 bridgehead atoms. The van der Waals surface area contributed by atoms with Crippen molar-refractivity contribution in [3.63, 3.8) is 0 Å². The summed E-state index contributed by atoms with van der Waals surface area (Å²) in [4.78, 5) is 0. The summed E-state index contributed by atoms with van der Waals surface area (Å²) in [7, 11) is 4.33. The Bertz CT molecular complexity index is 741. The van der Waals surface area contributed by atoms with Crippen LogP contribution in [0.1, 0.15) is 0 Å². The van der Waals surface area contributed by atoms with Crippen molar-refractivity contribution in [1.82, 2.24) is 0 Å². The first kappa shape index (κ1) is 20.5. The van der Waals surface area contributed by atoms with Gasteiger partial charge in [0.05, 0.1) is 21.3 Å². The molecule has 0 aliphatic heterocycles. The molecule has 0 aromatic heterocycles. The number of rotatable bonds is 6. The first-order valence-corrected chi connectivity index (χ1v) is 9.31. The van der Waals surface area contributed by atoms with Crippen LogP contribution in [0.15, 0.2) is 72.8 Å². The first-order chi connectivity index (χ1) is 12.2. The molecule has 26 heavy (non-hydrogen) atoms. The minimum Gasteiger partial charge on any atom is -0.497 e. The third-order valence-corrected chi connectivity index (χ3v) is 6.32. The van der Waals surface area contributed by atoms with Gasteiger partial charge >= 0.3 is 0 Å². The van der Waals surface area contributed by atoms with Crippen molar-refractivity contribution in [1.29, 1.82) is 0 Å². The molecule has 0 heterocycles. The van der Waals surface area contributed by atoms with Crippen molar-refractivity contribution < 1.29 is 34.6 Å². The van der Waals surface area contributed by atoms with E-state index in [-0.39, 0.29) is 20.4 Å². The van der Waals surface area contributed by atoms with Crippen molar-refractivity contribution in [2.75, 3.05) is 21.3 Å². The molecule has 0 aliphatic carbocycles. The van der Waals surface area contributed by atoms with Gasteiger partial charge in [-0.2, -0.15) is 0 Å². The van der Waals surface area contributed by atoms with E-state index >= 15 is 0 Å². The van der Waals surface area contributed by atoms with Gasteiger partial charge in [-0.1, -0.05) is 36.4 Å². The number of hydrogen-bond acceptors (Lipinski definition) is 3. The van der Waals surface area contributed by atoms with E-state index in [4.69, 9.17) is 14.2 Å². The molecule has 3 aromatic carbocycles. The quantitative estimate of drug-likeness (QED) is 0.418. The largest absolute Gasteiger partial charge is 0.497 e. The molecule has 0 saturated carbocycles. The fourth-order valence-electron chi connectivity index (χ4n) is 2.70. The average molecular weight is 459 g/mol. The van der Waals surface area contributed by atoms with Crippen LogP contribution >= 0.6 is 7.92 Å². The van der Waals surface area contributed by atoms with Gasteiger partial charge in [0.25, 0.3) is 0 Å². The van der Waals surface area contributed by atoms with E-state index in [1.165, 1.54) is 15.9 Å². The van der Waals surface area contributed by atoms with E-state index in [9.17, 15) is 0 Å². The summed E-state index contributed by atoms with van der Waals surface area (Å²) in [5.41, 5.74) is 0. The van der Waals surface area contributed by atoms with Crippen LogP contribution in [0.25, 0.3) is 0 Å². The zero-order chi connectivity index (χ0) is 17.6. The predicted molar refractivity (Wildman–Crippen MR) is 105 cm³/mol. The molecule has 0 amide bonds. The summed E-state index contributed by atoms with van der Waals surface area (Å²) >= 11 is 0. The van der Waals surface area contributed by atoms with Crippen LogP contribution < -0.4 is 30.1 Å². The monoisotopic (exact) mass is 458 g/mol. The van der Waals surface area contributed by atoms with Crippen molar-refractivity contribution in [3.05, 3.63) is 72.8 Å². The molecule has 0 aliphatic rings. The second kappa shape index (κ2) is 9.74. The van der Waals surface area contributed by atoms with Gasteiger partial charge in [0.2, 0.25) is 0 Å². The molecule has 3 rings (SSSR count). The van der Waals surface area contributed by atoms with Crippen molar-refractivity contribution in [2.24, 2.45) is 0 Å². The third-order valence-electron chi connectivity index (χ3n) is 3.93. The Hall–Kier alpha value is -1.85. The molecule has 3 aromatic rings. The van der Waals surface area contributed by atoms with E-state index in [2.05, 4.69) is 36.4 Å². The van der Waals surface area contributed by atoms with Gasteiger partial charge in [-0.15, -0.1) is 0 Å². The van der Waals surface area contributed by atoms with Gasteiger partial charge in [0, 0.05) is 20.4 Å². The molecule has 0 spiro atoms. The molecule has 0 unspecified atom stereocenters. The standard InChI is InChI=1S/C21H21O3P.Pd/c1-22-16-7-4-10-19(13-16)25(20-11-5-8-17(14-20)23-2)21-12-6-9-18(15-21)24-3;/h4-15H,1-3H3;. The van der Waals surface area contributed by atoms with Crippen molar-refractivity contribution in [3.8, 4) is 17.2 Å². The summed E-state index contributed by atoms with van der Waals surface area (Å²) in [5, 5.41) is 3.66. The zero-order valence-electron chi connectivity index (χ0n) is 14.9. The van der Waals surface area contributed by atoms with Crippen LogP contribution in [0.4, 0.5) is 0 Å².